The number of hydrogen-bond donors (Lipinski definition) is 2. The van der Waals surface area contributed by atoms with Gasteiger partial charge in [0.2, 0.25) is 5.69 Å². The summed E-state index contributed by atoms with van der Waals surface area (Å²) < 4.78 is 28.3. The highest BCUT2D eigenvalue weighted by atomic mass is 19.2. The third-order valence-electron chi connectivity index (χ3n) is 4.41. The molecule has 0 aliphatic carbocycles. The van der Waals surface area contributed by atoms with Crippen molar-refractivity contribution >= 4 is 22.5 Å². The van der Waals surface area contributed by atoms with Crippen molar-refractivity contribution in [3.63, 3.8) is 0 Å². The molecule has 0 saturated carbocycles. The van der Waals surface area contributed by atoms with Gasteiger partial charge in [-0.25, -0.2) is 23.3 Å². The number of benzene rings is 2. The molecule has 0 atom stereocenters. The average Bonchev–Trinajstić information content (AvgIpc) is 3.07. The number of aromatic nitrogens is 3. The normalized spacial score (nSPS) is 10.8. The molecule has 6 nitrogen and oxygen atoms in total. The van der Waals surface area contributed by atoms with Crippen LogP contribution in [0.4, 0.5) is 20.3 Å². The Labute approximate surface area is 164 Å². The minimum absolute atomic E-state index is 0.174. The van der Waals surface area contributed by atoms with Gasteiger partial charge in [-0.15, -0.1) is 0 Å². The first-order valence-electron chi connectivity index (χ1n) is 8.73. The average molecular weight is 391 g/mol. The quantitative estimate of drug-likeness (QED) is 0.487. The Morgan fingerprint density at radius 2 is 1.79 bits per heavy atom. The largest absolute Gasteiger partial charge is 0.508 e. The number of nitrogens with one attached hydrogen (secondary N) is 1. The smallest absolute Gasteiger partial charge is 0.205 e. The number of anilines is 1. The fraction of sp³-hybridized carbons (Fsp3) is 0.0952. The van der Waals surface area contributed by atoms with Crippen LogP contribution in [0.3, 0.4) is 0 Å². The molecule has 2 aromatic heterocycles. The number of hydrogen-bond acceptors (Lipinski definition) is 4. The van der Waals surface area contributed by atoms with Crippen LogP contribution in [0.15, 0.2) is 54.7 Å². The molecule has 0 saturated heterocycles. The van der Waals surface area contributed by atoms with Gasteiger partial charge in [0, 0.05) is 12.7 Å². The lowest BCUT2D eigenvalue weighted by molar-refractivity contribution is 0.475. The van der Waals surface area contributed by atoms with Crippen LogP contribution >= 0.6 is 0 Å². The Kier molecular flexibility index (Phi) is 4.79. The molecule has 0 amide bonds. The zero-order chi connectivity index (χ0) is 20.4. The second-order valence-electron chi connectivity index (χ2n) is 6.45. The summed E-state index contributed by atoms with van der Waals surface area (Å²) in [6.45, 7) is 7.85. The Hall–Kier alpha value is -3.99. The van der Waals surface area contributed by atoms with Gasteiger partial charge in [-0.1, -0.05) is 18.2 Å². The molecular formula is C21H15F2N5O. The summed E-state index contributed by atoms with van der Waals surface area (Å²) in [6.07, 6.45) is 1.48. The first kappa shape index (κ1) is 18.4. The van der Waals surface area contributed by atoms with Crippen molar-refractivity contribution in [2.45, 2.75) is 13.1 Å². The van der Waals surface area contributed by atoms with E-state index < -0.39 is 11.6 Å². The van der Waals surface area contributed by atoms with Crippen molar-refractivity contribution < 1.29 is 13.9 Å². The monoisotopic (exact) mass is 391 g/mol. The summed E-state index contributed by atoms with van der Waals surface area (Å²) in [7, 11) is 0. The molecule has 0 fully saturated rings. The van der Waals surface area contributed by atoms with E-state index >= 15 is 0 Å². The second kappa shape index (κ2) is 7.56. The molecule has 0 radical (unpaired) electrons. The molecule has 8 heteroatoms. The molecule has 0 bridgehead atoms. The minimum atomic E-state index is -0.913. The third kappa shape index (κ3) is 3.84. The molecule has 29 heavy (non-hydrogen) atoms. The first-order valence-corrected chi connectivity index (χ1v) is 8.73. The SMILES string of the molecule is [C-]#[N+]c1cnc2c(c1)c(NCc1ccc(F)c(F)c1)nn2Cc1ccc(O)cc1. The molecule has 0 unspecified atom stereocenters. The molecule has 0 aliphatic heterocycles. The number of fused-ring (bicyclic) bond motifs is 1. The van der Waals surface area contributed by atoms with E-state index in [9.17, 15) is 13.9 Å². The Morgan fingerprint density at radius 3 is 2.52 bits per heavy atom. The summed E-state index contributed by atoms with van der Waals surface area (Å²) in [5.41, 5.74) is 2.42. The highest BCUT2D eigenvalue weighted by Crippen LogP contribution is 2.27. The summed E-state index contributed by atoms with van der Waals surface area (Å²) in [5.74, 6) is -1.15. The van der Waals surface area contributed by atoms with Crippen molar-refractivity contribution in [3.05, 3.63) is 88.9 Å². The van der Waals surface area contributed by atoms with Gasteiger partial charge in [0.05, 0.1) is 18.5 Å². The number of rotatable bonds is 5. The molecule has 2 aromatic carbocycles. The molecule has 0 aliphatic rings. The van der Waals surface area contributed by atoms with Crippen LogP contribution in [0, 0.1) is 18.2 Å². The van der Waals surface area contributed by atoms with E-state index in [1.165, 1.54) is 12.3 Å². The lowest BCUT2D eigenvalue weighted by Crippen LogP contribution is -2.05. The first-order chi connectivity index (χ1) is 14.0. The molecule has 0 spiro atoms. The fourth-order valence-electron chi connectivity index (χ4n) is 2.96. The number of nitrogens with zero attached hydrogens (tertiary/aromatic N) is 4. The van der Waals surface area contributed by atoms with Gasteiger partial charge in [-0.05, 0) is 41.5 Å². The van der Waals surface area contributed by atoms with Gasteiger partial charge in [-0.2, -0.15) is 5.10 Å². The standard InChI is InChI=1S/C21H15F2N5O/c1-24-15-9-17-20(25-10-14-4-7-18(22)19(23)8-14)27-28(21(17)26-11-15)12-13-2-5-16(29)6-3-13/h2-9,11,29H,10,12H2,(H,25,27). The summed E-state index contributed by atoms with van der Waals surface area (Å²) in [4.78, 5) is 7.76. The maximum absolute atomic E-state index is 13.4. The molecule has 2 heterocycles. The fourth-order valence-corrected chi connectivity index (χ4v) is 2.96. The number of halogens is 2. The Morgan fingerprint density at radius 1 is 1.03 bits per heavy atom. The van der Waals surface area contributed by atoms with Crippen molar-refractivity contribution in [1.29, 1.82) is 0 Å². The Balaban J connectivity index is 1.67. The van der Waals surface area contributed by atoms with E-state index in [1.807, 2.05) is 0 Å². The topological polar surface area (TPSA) is 67.3 Å². The predicted molar refractivity (Wildman–Crippen MR) is 105 cm³/mol. The van der Waals surface area contributed by atoms with Gasteiger partial charge < -0.3 is 10.4 Å². The van der Waals surface area contributed by atoms with Crippen LogP contribution in [0.1, 0.15) is 11.1 Å². The van der Waals surface area contributed by atoms with Crippen LogP contribution in [0.2, 0.25) is 0 Å². The second-order valence-corrected chi connectivity index (χ2v) is 6.45. The number of phenolic OH excluding ortho intramolecular Hbond substituents is 1. The third-order valence-corrected chi connectivity index (χ3v) is 4.41. The van der Waals surface area contributed by atoms with Gasteiger partial charge in [0.1, 0.15) is 5.75 Å². The minimum Gasteiger partial charge on any atom is -0.508 e. The van der Waals surface area contributed by atoms with Gasteiger partial charge in [-0.3, -0.25) is 0 Å². The lowest BCUT2D eigenvalue weighted by atomic mass is 10.2. The van der Waals surface area contributed by atoms with Crippen LogP contribution in [-0.4, -0.2) is 19.9 Å². The van der Waals surface area contributed by atoms with Crippen LogP contribution in [0.25, 0.3) is 15.9 Å². The zero-order valence-corrected chi connectivity index (χ0v) is 15.1. The van der Waals surface area contributed by atoms with E-state index in [1.54, 1.807) is 35.0 Å². The number of pyridine rings is 1. The van der Waals surface area contributed by atoms with Crippen LogP contribution in [-0.2, 0) is 13.1 Å². The van der Waals surface area contributed by atoms with Crippen molar-refractivity contribution in [2.75, 3.05) is 5.32 Å². The van der Waals surface area contributed by atoms with Crippen LogP contribution < -0.4 is 5.32 Å². The van der Waals surface area contributed by atoms with E-state index in [4.69, 9.17) is 6.57 Å². The van der Waals surface area contributed by atoms with Crippen molar-refractivity contribution in [1.82, 2.24) is 14.8 Å². The van der Waals surface area contributed by atoms with Crippen molar-refractivity contribution in [2.24, 2.45) is 0 Å². The number of phenols is 1. The molecule has 144 valence electrons. The number of aromatic hydroxyl groups is 1. The van der Waals surface area contributed by atoms with Gasteiger partial charge in [0.15, 0.2) is 23.1 Å². The van der Waals surface area contributed by atoms with E-state index in [2.05, 4.69) is 20.2 Å². The van der Waals surface area contributed by atoms with Gasteiger partial charge in [0.25, 0.3) is 0 Å². The Bertz CT molecular complexity index is 1230. The summed E-state index contributed by atoms with van der Waals surface area (Å²) in [5, 5.41) is 17.8. The van der Waals surface area contributed by atoms with E-state index in [0.717, 1.165) is 17.7 Å². The maximum atomic E-state index is 13.4. The highest BCUT2D eigenvalue weighted by molar-refractivity contribution is 5.90. The summed E-state index contributed by atoms with van der Waals surface area (Å²) >= 11 is 0. The lowest BCUT2D eigenvalue weighted by Gasteiger charge is -2.05. The van der Waals surface area contributed by atoms with E-state index in [-0.39, 0.29) is 12.3 Å². The maximum Gasteiger partial charge on any atom is 0.205 e. The van der Waals surface area contributed by atoms with Crippen molar-refractivity contribution in [3.8, 4) is 5.75 Å². The van der Waals surface area contributed by atoms with Crippen LogP contribution in [0.5, 0.6) is 5.75 Å². The summed E-state index contributed by atoms with van der Waals surface area (Å²) in [6, 6.07) is 12.1. The zero-order valence-electron chi connectivity index (χ0n) is 15.1. The van der Waals surface area contributed by atoms with E-state index in [0.29, 0.717) is 34.6 Å². The molecule has 4 aromatic rings. The predicted octanol–water partition coefficient (Wildman–Crippen LogP) is 4.63. The molecular weight excluding hydrogens is 376 g/mol. The molecule has 2 N–H and O–H groups in total. The molecule has 4 rings (SSSR count). The van der Waals surface area contributed by atoms with Gasteiger partial charge >= 0.3 is 0 Å². The highest BCUT2D eigenvalue weighted by Gasteiger charge is 2.13.